The number of carbonyl (C=O) groups is 1. The molecule has 1 rings (SSSR count). The zero-order chi connectivity index (χ0) is 16.8. The average Bonchev–Trinajstić information content (AvgIpc) is 2.40. The SMILES string of the molecule is CC(C)(C)OC[C@@H](NC(=O)OCc1ccccc1)C(C)(C)C. The molecule has 0 aliphatic heterocycles. The van der Waals surface area contributed by atoms with E-state index in [-0.39, 0.29) is 23.7 Å². The second-order valence-electron chi connectivity index (χ2n) is 7.55. The minimum absolute atomic E-state index is 0.114. The molecule has 4 heteroatoms. The van der Waals surface area contributed by atoms with Crippen LogP contribution in [0.4, 0.5) is 4.79 Å². The number of amides is 1. The van der Waals surface area contributed by atoms with Gasteiger partial charge in [-0.05, 0) is 31.7 Å². The first-order valence-electron chi connectivity index (χ1n) is 7.69. The van der Waals surface area contributed by atoms with Crippen molar-refractivity contribution in [3.05, 3.63) is 35.9 Å². The lowest BCUT2D eigenvalue weighted by molar-refractivity contribution is -0.0293. The number of hydrogen-bond acceptors (Lipinski definition) is 3. The third-order valence-electron chi connectivity index (χ3n) is 3.23. The van der Waals surface area contributed by atoms with Crippen molar-refractivity contribution in [1.82, 2.24) is 5.32 Å². The van der Waals surface area contributed by atoms with E-state index in [0.717, 1.165) is 5.56 Å². The Morgan fingerprint density at radius 2 is 1.68 bits per heavy atom. The van der Waals surface area contributed by atoms with Crippen molar-refractivity contribution >= 4 is 6.09 Å². The molecule has 1 aromatic carbocycles. The minimum Gasteiger partial charge on any atom is -0.445 e. The number of alkyl carbamates (subject to hydrolysis) is 1. The van der Waals surface area contributed by atoms with Gasteiger partial charge in [-0.3, -0.25) is 0 Å². The summed E-state index contributed by atoms with van der Waals surface area (Å²) in [5.41, 5.74) is 0.617. The summed E-state index contributed by atoms with van der Waals surface area (Å²) >= 11 is 0. The molecular weight excluding hydrogens is 278 g/mol. The fraction of sp³-hybridized carbons (Fsp3) is 0.611. The third-order valence-corrected chi connectivity index (χ3v) is 3.23. The standard InChI is InChI=1S/C18H29NO3/c1-17(2,3)15(13-22-18(4,5)6)19-16(20)21-12-14-10-8-7-9-11-14/h7-11,15H,12-13H2,1-6H3,(H,19,20)/t15-/m1/s1. The lowest BCUT2D eigenvalue weighted by atomic mass is 9.87. The molecule has 124 valence electrons. The van der Waals surface area contributed by atoms with Crippen molar-refractivity contribution in [2.75, 3.05) is 6.61 Å². The zero-order valence-electron chi connectivity index (χ0n) is 14.6. The Morgan fingerprint density at radius 1 is 1.09 bits per heavy atom. The molecule has 0 spiro atoms. The van der Waals surface area contributed by atoms with Crippen LogP contribution in [-0.2, 0) is 16.1 Å². The van der Waals surface area contributed by atoms with E-state index in [0.29, 0.717) is 6.61 Å². The van der Waals surface area contributed by atoms with Gasteiger partial charge in [0.1, 0.15) is 6.61 Å². The Morgan fingerprint density at radius 3 is 2.18 bits per heavy atom. The number of benzene rings is 1. The molecule has 1 amide bonds. The summed E-state index contributed by atoms with van der Waals surface area (Å²) in [5.74, 6) is 0. The first-order chi connectivity index (χ1) is 10.1. The lowest BCUT2D eigenvalue weighted by Gasteiger charge is -2.33. The molecule has 0 aliphatic rings. The van der Waals surface area contributed by atoms with Gasteiger partial charge in [-0.1, -0.05) is 51.1 Å². The van der Waals surface area contributed by atoms with Gasteiger partial charge in [-0.25, -0.2) is 4.79 Å². The maximum atomic E-state index is 12.0. The number of hydrogen-bond donors (Lipinski definition) is 1. The van der Waals surface area contributed by atoms with E-state index in [1.54, 1.807) is 0 Å². The molecule has 0 unspecified atom stereocenters. The summed E-state index contributed by atoms with van der Waals surface area (Å²) in [7, 11) is 0. The highest BCUT2D eigenvalue weighted by molar-refractivity contribution is 5.67. The van der Waals surface area contributed by atoms with Crippen LogP contribution >= 0.6 is 0 Å². The molecule has 1 atom stereocenters. The van der Waals surface area contributed by atoms with Gasteiger partial charge in [0.2, 0.25) is 0 Å². The zero-order valence-corrected chi connectivity index (χ0v) is 14.6. The highest BCUT2D eigenvalue weighted by Crippen LogP contribution is 2.21. The van der Waals surface area contributed by atoms with Crippen LogP contribution in [0.2, 0.25) is 0 Å². The topological polar surface area (TPSA) is 47.6 Å². The second kappa shape index (κ2) is 7.63. The summed E-state index contributed by atoms with van der Waals surface area (Å²) in [6.07, 6.45) is -0.415. The van der Waals surface area contributed by atoms with Gasteiger partial charge in [0, 0.05) is 0 Å². The van der Waals surface area contributed by atoms with E-state index in [2.05, 4.69) is 26.1 Å². The predicted octanol–water partition coefficient (Wildman–Crippen LogP) is 4.14. The Balaban J connectivity index is 2.52. The van der Waals surface area contributed by atoms with Gasteiger partial charge in [-0.15, -0.1) is 0 Å². The van der Waals surface area contributed by atoms with Gasteiger partial charge in [0.05, 0.1) is 18.2 Å². The normalized spacial score (nSPS) is 13.5. The summed E-state index contributed by atoms with van der Waals surface area (Å²) in [6.45, 7) is 12.9. The molecule has 4 nitrogen and oxygen atoms in total. The highest BCUT2D eigenvalue weighted by Gasteiger charge is 2.28. The number of rotatable bonds is 5. The lowest BCUT2D eigenvalue weighted by Crippen LogP contribution is -2.48. The molecule has 0 saturated carbocycles. The van der Waals surface area contributed by atoms with Crippen LogP contribution in [0.5, 0.6) is 0 Å². The fourth-order valence-corrected chi connectivity index (χ4v) is 1.75. The van der Waals surface area contributed by atoms with Crippen molar-refractivity contribution < 1.29 is 14.3 Å². The Labute approximate surface area is 134 Å². The molecule has 0 radical (unpaired) electrons. The van der Waals surface area contributed by atoms with E-state index < -0.39 is 6.09 Å². The van der Waals surface area contributed by atoms with E-state index in [1.165, 1.54) is 0 Å². The number of carbonyl (C=O) groups excluding carboxylic acids is 1. The van der Waals surface area contributed by atoms with Crippen LogP contribution in [0.15, 0.2) is 30.3 Å². The molecule has 0 heterocycles. The van der Waals surface area contributed by atoms with Crippen molar-refractivity contribution in [2.24, 2.45) is 5.41 Å². The molecule has 0 fully saturated rings. The van der Waals surface area contributed by atoms with Crippen LogP contribution in [-0.4, -0.2) is 24.3 Å². The maximum Gasteiger partial charge on any atom is 0.407 e. The smallest absolute Gasteiger partial charge is 0.407 e. The molecule has 0 bridgehead atoms. The molecule has 1 N–H and O–H groups in total. The van der Waals surface area contributed by atoms with Crippen LogP contribution < -0.4 is 5.32 Å². The van der Waals surface area contributed by atoms with Crippen molar-refractivity contribution in [1.29, 1.82) is 0 Å². The summed E-state index contributed by atoms with van der Waals surface area (Å²) in [5, 5.41) is 2.91. The number of nitrogens with one attached hydrogen (secondary N) is 1. The van der Waals surface area contributed by atoms with E-state index in [9.17, 15) is 4.79 Å². The molecule has 0 saturated heterocycles. The molecule has 0 aliphatic carbocycles. The van der Waals surface area contributed by atoms with Gasteiger partial charge in [0.15, 0.2) is 0 Å². The molecule has 0 aromatic heterocycles. The first kappa shape index (κ1) is 18.5. The van der Waals surface area contributed by atoms with Crippen LogP contribution in [0, 0.1) is 5.41 Å². The molecular formula is C18H29NO3. The average molecular weight is 307 g/mol. The van der Waals surface area contributed by atoms with Crippen molar-refractivity contribution in [3.63, 3.8) is 0 Å². The van der Waals surface area contributed by atoms with E-state index >= 15 is 0 Å². The Hall–Kier alpha value is -1.55. The third kappa shape index (κ3) is 7.46. The summed E-state index contributed by atoms with van der Waals surface area (Å²) in [4.78, 5) is 12.0. The Bertz CT molecular complexity index is 457. The maximum absolute atomic E-state index is 12.0. The quantitative estimate of drug-likeness (QED) is 0.889. The minimum atomic E-state index is -0.415. The number of ether oxygens (including phenoxy) is 2. The van der Waals surface area contributed by atoms with Crippen molar-refractivity contribution in [2.45, 2.75) is 59.8 Å². The monoisotopic (exact) mass is 307 g/mol. The van der Waals surface area contributed by atoms with Gasteiger partial charge in [0.25, 0.3) is 0 Å². The van der Waals surface area contributed by atoms with Gasteiger partial charge < -0.3 is 14.8 Å². The van der Waals surface area contributed by atoms with Crippen LogP contribution in [0.3, 0.4) is 0 Å². The molecule has 1 aromatic rings. The predicted molar refractivity (Wildman–Crippen MR) is 88.7 cm³/mol. The van der Waals surface area contributed by atoms with Crippen molar-refractivity contribution in [3.8, 4) is 0 Å². The summed E-state index contributed by atoms with van der Waals surface area (Å²) < 4.78 is 11.1. The molecule has 22 heavy (non-hydrogen) atoms. The fourth-order valence-electron chi connectivity index (χ4n) is 1.75. The van der Waals surface area contributed by atoms with E-state index in [4.69, 9.17) is 9.47 Å². The summed E-state index contributed by atoms with van der Waals surface area (Å²) in [6, 6.07) is 9.52. The Kier molecular flexibility index (Phi) is 6.42. The first-order valence-corrected chi connectivity index (χ1v) is 7.69. The van der Waals surface area contributed by atoms with E-state index in [1.807, 2.05) is 51.1 Å². The van der Waals surface area contributed by atoms with Gasteiger partial charge in [-0.2, -0.15) is 0 Å². The van der Waals surface area contributed by atoms with Gasteiger partial charge >= 0.3 is 6.09 Å². The largest absolute Gasteiger partial charge is 0.445 e. The van der Waals surface area contributed by atoms with Crippen LogP contribution in [0.1, 0.15) is 47.1 Å². The highest BCUT2D eigenvalue weighted by atomic mass is 16.5. The van der Waals surface area contributed by atoms with Crippen LogP contribution in [0.25, 0.3) is 0 Å². The second-order valence-corrected chi connectivity index (χ2v) is 7.55.